The lowest BCUT2D eigenvalue weighted by Crippen LogP contribution is -2.50. The molecule has 0 aromatic rings. The number of quaternary nitrogens is 1. The molecule has 0 fully saturated rings. The van der Waals surface area contributed by atoms with Gasteiger partial charge in [0.15, 0.2) is 12.1 Å². The summed E-state index contributed by atoms with van der Waals surface area (Å²) < 4.78 is 17.3. The zero-order valence-corrected chi connectivity index (χ0v) is 42.2. The van der Waals surface area contributed by atoms with E-state index < -0.39 is 18.1 Å². The molecule has 0 radical (unpaired) electrons. The Morgan fingerprint density at radius 3 is 1.31 bits per heavy atom. The fourth-order valence-corrected chi connectivity index (χ4v) is 7.55. The molecule has 2 atom stereocenters. The number of ether oxygens (including phenoxy) is 3. The van der Waals surface area contributed by atoms with Crippen molar-refractivity contribution in [3.8, 4) is 0 Å². The zero-order chi connectivity index (χ0) is 47.0. The number of hydrogen-bond donors (Lipinski definition) is 1. The van der Waals surface area contributed by atoms with Crippen LogP contribution in [0.3, 0.4) is 0 Å². The average molecular weight is 899 g/mol. The number of allylic oxidation sites excluding steroid dienone is 10. The molecule has 0 aliphatic carbocycles. The summed E-state index contributed by atoms with van der Waals surface area (Å²) in [7, 11) is 5.51. The highest BCUT2D eigenvalue weighted by Gasteiger charge is 2.31. The maximum Gasteiger partial charge on any atom is 0.362 e. The Labute approximate surface area is 394 Å². The summed E-state index contributed by atoms with van der Waals surface area (Å²) in [6, 6.07) is -0.627. The Balaban J connectivity index is 4.28. The molecule has 8 heteroatoms. The Kier molecular flexibility index (Phi) is 44.4. The average Bonchev–Trinajstić information content (AvgIpc) is 3.26. The van der Waals surface area contributed by atoms with Crippen LogP contribution in [0.1, 0.15) is 226 Å². The molecule has 0 rings (SSSR count). The van der Waals surface area contributed by atoms with E-state index in [1.807, 2.05) is 21.1 Å². The second-order valence-electron chi connectivity index (χ2n) is 18.8. The molecule has 0 saturated carbocycles. The van der Waals surface area contributed by atoms with E-state index in [2.05, 4.69) is 74.6 Å². The van der Waals surface area contributed by atoms with Crippen molar-refractivity contribution in [3.05, 3.63) is 60.8 Å². The van der Waals surface area contributed by atoms with Gasteiger partial charge in [-0.05, 0) is 77.0 Å². The van der Waals surface area contributed by atoms with Crippen LogP contribution >= 0.6 is 0 Å². The molecule has 0 aromatic heterocycles. The number of hydrogen-bond acceptors (Lipinski definition) is 6. The largest absolute Gasteiger partial charge is 0.477 e. The normalized spacial score (nSPS) is 13.3. The predicted molar refractivity (Wildman–Crippen MR) is 271 cm³/mol. The Bertz CT molecular complexity index is 1230. The van der Waals surface area contributed by atoms with Gasteiger partial charge >= 0.3 is 17.9 Å². The van der Waals surface area contributed by atoms with Gasteiger partial charge in [0.25, 0.3) is 0 Å². The van der Waals surface area contributed by atoms with Crippen LogP contribution in [0.5, 0.6) is 0 Å². The SMILES string of the molecule is CCCCC/C=C/C/C=C/C/C=C/C/C=C/CCCC(=O)OC(COCCC(C(=O)O)[N+](C)(C)C)COC(=O)CCCCCCCCC/C=C/CCCCCCCCCCCCCC. The van der Waals surface area contributed by atoms with E-state index in [0.717, 1.165) is 44.9 Å². The minimum Gasteiger partial charge on any atom is -0.477 e. The van der Waals surface area contributed by atoms with Crippen LogP contribution in [-0.4, -0.2) is 80.6 Å². The van der Waals surface area contributed by atoms with Crippen molar-refractivity contribution in [1.29, 1.82) is 0 Å². The van der Waals surface area contributed by atoms with Crippen molar-refractivity contribution in [2.24, 2.45) is 0 Å². The second kappa shape index (κ2) is 46.6. The van der Waals surface area contributed by atoms with E-state index in [9.17, 15) is 19.5 Å². The Hall–Kier alpha value is -2.97. The van der Waals surface area contributed by atoms with Gasteiger partial charge in [-0.3, -0.25) is 9.59 Å². The first-order valence-electron chi connectivity index (χ1n) is 26.3. The first kappa shape index (κ1) is 61.0. The molecular formula is C56H100NO7+. The van der Waals surface area contributed by atoms with Crippen molar-refractivity contribution in [3.63, 3.8) is 0 Å². The lowest BCUT2D eigenvalue weighted by Gasteiger charge is -2.31. The molecule has 0 bridgehead atoms. The third-order valence-electron chi connectivity index (χ3n) is 11.6. The highest BCUT2D eigenvalue weighted by molar-refractivity contribution is 5.72. The number of carbonyl (C=O) groups excluding carboxylic acids is 2. The highest BCUT2D eigenvalue weighted by atomic mass is 16.6. The van der Waals surface area contributed by atoms with Crippen LogP contribution < -0.4 is 0 Å². The van der Waals surface area contributed by atoms with Gasteiger partial charge in [-0.1, -0.05) is 190 Å². The van der Waals surface area contributed by atoms with Crippen molar-refractivity contribution >= 4 is 17.9 Å². The third kappa shape index (κ3) is 44.2. The summed E-state index contributed by atoms with van der Waals surface area (Å²) in [6.45, 7) is 4.66. The number of esters is 2. The van der Waals surface area contributed by atoms with E-state index in [-0.39, 0.29) is 42.7 Å². The van der Waals surface area contributed by atoms with Crippen LogP contribution in [0, 0.1) is 0 Å². The number of unbranched alkanes of at least 4 members (excludes halogenated alkanes) is 23. The third-order valence-corrected chi connectivity index (χ3v) is 11.6. The Morgan fingerprint density at radius 2 is 0.844 bits per heavy atom. The first-order valence-corrected chi connectivity index (χ1v) is 26.3. The molecule has 0 amide bonds. The van der Waals surface area contributed by atoms with Crippen molar-refractivity contribution in [2.45, 2.75) is 238 Å². The minimum atomic E-state index is -0.884. The molecule has 1 N–H and O–H groups in total. The number of rotatable bonds is 47. The molecule has 64 heavy (non-hydrogen) atoms. The van der Waals surface area contributed by atoms with Gasteiger partial charge in [-0.2, -0.15) is 0 Å². The number of carbonyl (C=O) groups is 3. The summed E-state index contributed by atoms with van der Waals surface area (Å²) in [5.41, 5.74) is 0. The summed E-state index contributed by atoms with van der Waals surface area (Å²) >= 11 is 0. The van der Waals surface area contributed by atoms with E-state index >= 15 is 0 Å². The monoisotopic (exact) mass is 899 g/mol. The quantitative estimate of drug-likeness (QED) is 0.0281. The predicted octanol–water partition coefficient (Wildman–Crippen LogP) is 15.3. The number of likely N-dealkylation sites (N-methyl/N-ethyl adjacent to an activating group) is 1. The van der Waals surface area contributed by atoms with Gasteiger partial charge < -0.3 is 23.8 Å². The van der Waals surface area contributed by atoms with E-state index in [1.54, 1.807) is 0 Å². The number of aliphatic carboxylic acids is 1. The molecule has 370 valence electrons. The number of carboxylic acid groups (broad SMARTS) is 1. The van der Waals surface area contributed by atoms with Crippen LogP contribution in [0.4, 0.5) is 0 Å². The van der Waals surface area contributed by atoms with Crippen molar-refractivity contribution < 1.29 is 38.2 Å². The van der Waals surface area contributed by atoms with Crippen LogP contribution in [0.25, 0.3) is 0 Å². The summed E-state index contributed by atoms with van der Waals surface area (Å²) in [5.74, 6) is -1.54. The van der Waals surface area contributed by atoms with Crippen molar-refractivity contribution in [2.75, 3.05) is 41.0 Å². The van der Waals surface area contributed by atoms with Gasteiger partial charge in [0.1, 0.15) is 6.61 Å². The van der Waals surface area contributed by atoms with Gasteiger partial charge in [0.2, 0.25) is 0 Å². The Morgan fingerprint density at radius 1 is 0.469 bits per heavy atom. The molecule has 2 unspecified atom stereocenters. The molecule has 0 aliphatic rings. The van der Waals surface area contributed by atoms with Crippen molar-refractivity contribution in [1.82, 2.24) is 0 Å². The van der Waals surface area contributed by atoms with Gasteiger partial charge in [0.05, 0.1) is 34.4 Å². The summed E-state index contributed by atoms with van der Waals surface area (Å²) in [6.07, 6.45) is 58.6. The number of carboxylic acids is 1. The molecule has 0 aromatic carbocycles. The van der Waals surface area contributed by atoms with Crippen LogP contribution in [-0.2, 0) is 28.6 Å². The fourth-order valence-electron chi connectivity index (χ4n) is 7.55. The van der Waals surface area contributed by atoms with Crippen LogP contribution in [0.2, 0.25) is 0 Å². The molecule has 0 saturated heterocycles. The number of nitrogens with zero attached hydrogens (tertiary/aromatic N) is 1. The molecule has 8 nitrogen and oxygen atoms in total. The lowest BCUT2D eigenvalue weighted by atomic mass is 10.0. The maximum absolute atomic E-state index is 12.8. The van der Waals surface area contributed by atoms with Gasteiger partial charge in [-0.25, -0.2) is 4.79 Å². The zero-order valence-electron chi connectivity index (χ0n) is 42.2. The minimum absolute atomic E-state index is 0.0366. The standard InChI is InChI=1S/C56H99NO7/c1-6-8-10-12-14-16-18-20-22-24-25-26-27-28-29-31-32-34-36-38-40-42-44-46-54(58)63-51-52(50-62-49-48-53(56(60)61)57(3,4)5)64-55(59)47-45-43-41-39-37-35-33-30-23-21-19-17-15-13-11-9-7-2/h15,17,21,23,28-29,33,35,39,41,52-53H,6-14,16,18-20,22,24-27,30-32,34,36-38,40,42-51H2,1-5H3/p+1/b17-15+,23-21+,29-28+,35-33+,41-39+. The maximum atomic E-state index is 12.8. The van der Waals surface area contributed by atoms with E-state index in [4.69, 9.17) is 14.2 Å². The van der Waals surface area contributed by atoms with Gasteiger partial charge in [-0.15, -0.1) is 0 Å². The summed E-state index contributed by atoms with van der Waals surface area (Å²) in [5, 5.41) is 9.65. The molecular weight excluding hydrogens is 799 g/mol. The second-order valence-corrected chi connectivity index (χ2v) is 18.8. The van der Waals surface area contributed by atoms with E-state index in [1.165, 1.54) is 141 Å². The molecule has 0 heterocycles. The fraction of sp³-hybridized carbons (Fsp3) is 0.768. The molecule has 0 aliphatic heterocycles. The smallest absolute Gasteiger partial charge is 0.362 e. The topological polar surface area (TPSA) is 99.1 Å². The van der Waals surface area contributed by atoms with Crippen LogP contribution in [0.15, 0.2) is 60.8 Å². The molecule has 0 spiro atoms. The van der Waals surface area contributed by atoms with Gasteiger partial charge in [0, 0.05) is 19.3 Å². The first-order chi connectivity index (χ1) is 31.1. The highest BCUT2D eigenvalue weighted by Crippen LogP contribution is 2.15. The lowest BCUT2D eigenvalue weighted by molar-refractivity contribution is -0.887. The van der Waals surface area contributed by atoms with E-state index in [0.29, 0.717) is 19.3 Å². The summed E-state index contributed by atoms with van der Waals surface area (Å²) in [4.78, 5) is 37.1.